The Morgan fingerprint density at radius 2 is 1.53 bits per heavy atom. The summed E-state index contributed by atoms with van der Waals surface area (Å²) in [6, 6.07) is 13.8. The Morgan fingerprint density at radius 3 is 2.06 bits per heavy atom. The second-order valence-corrected chi connectivity index (χ2v) is 10.5. The quantitative estimate of drug-likeness (QED) is 0.363. The summed E-state index contributed by atoms with van der Waals surface area (Å²) in [5.41, 5.74) is 2.91. The van der Waals surface area contributed by atoms with Gasteiger partial charge in [0.2, 0.25) is 5.91 Å². The van der Waals surface area contributed by atoms with Crippen molar-refractivity contribution in [1.82, 2.24) is 4.90 Å². The summed E-state index contributed by atoms with van der Waals surface area (Å²) in [5.74, 6) is -1.17. The minimum Gasteiger partial charge on any atom is -0.438 e. The number of carbonyl (C=O) groups excluding carboxylic acids is 2. The van der Waals surface area contributed by atoms with Gasteiger partial charge in [-0.15, -0.1) is 0 Å². The molecule has 7 nitrogen and oxygen atoms in total. The molecule has 0 saturated heterocycles. The molecule has 0 bridgehead atoms. The van der Waals surface area contributed by atoms with E-state index in [1.165, 1.54) is 19.2 Å². The number of hydrogen-bond donors (Lipinski definition) is 0. The van der Waals surface area contributed by atoms with Gasteiger partial charge in [0.15, 0.2) is 9.84 Å². The molecular formula is C26H33NO6S. The minimum absolute atomic E-state index is 0.0224. The van der Waals surface area contributed by atoms with Crippen LogP contribution in [0.1, 0.15) is 30.5 Å². The van der Waals surface area contributed by atoms with Crippen molar-refractivity contribution in [1.29, 1.82) is 0 Å². The Kier molecular flexibility index (Phi) is 9.86. The van der Waals surface area contributed by atoms with Crippen LogP contribution in [0.5, 0.6) is 0 Å². The maximum absolute atomic E-state index is 13.4. The third-order valence-corrected chi connectivity index (χ3v) is 6.95. The first-order valence-corrected chi connectivity index (χ1v) is 12.7. The Balaban J connectivity index is 2.33. The van der Waals surface area contributed by atoms with Gasteiger partial charge in [0.25, 0.3) is 0 Å². The molecular weight excluding hydrogens is 454 g/mol. The van der Waals surface area contributed by atoms with Crippen LogP contribution in [0.2, 0.25) is 0 Å². The molecule has 1 atom stereocenters. The number of amides is 1. The molecule has 0 heterocycles. The third kappa shape index (κ3) is 8.02. The van der Waals surface area contributed by atoms with Gasteiger partial charge >= 0.3 is 6.16 Å². The molecule has 8 heteroatoms. The van der Waals surface area contributed by atoms with Gasteiger partial charge in [0.1, 0.15) is 12.4 Å². The smallest absolute Gasteiger partial charge is 0.438 e. The van der Waals surface area contributed by atoms with Crippen LogP contribution in [-0.4, -0.2) is 50.9 Å². The molecule has 34 heavy (non-hydrogen) atoms. The average molecular weight is 488 g/mol. The highest BCUT2D eigenvalue weighted by atomic mass is 32.2. The van der Waals surface area contributed by atoms with E-state index in [4.69, 9.17) is 4.74 Å². The third-order valence-electron chi connectivity index (χ3n) is 5.33. The standard InChI is InChI=1S/C26H33NO6S/c1-19(2)24(7-6-16-33-26(29)32-5)27(17-22-12-8-20(3)9-13-22)25(28)18-34(30,31)23-14-10-21(4)11-15-23/h6-15,19,24H,16-18H2,1-5H3/b7-6+/t24-/m1/s1. The predicted octanol–water partition coefficient (Wildman–Crippen LogP) is 4.47. The van der Waals surface area contributed by atoms with Crippen molar-refractivity contribution in [2.75, 3.05) is 19.5 Å². The minimum atomic E-state index is -3.82. The van der Waals surface area contributed by atoms with Crippen molar-refractivity contribution in [2.24, 2.45) is 5.92 Å². The molecule has 0 fully saturated rings. The molecule has 0 N–H and O–H groups in total. The van der Waals surface area contributed by atoms with Gasteiger partial charge in [-0.25, -0.2) is 13.2 Å². The van der Waals surface area contributed by atoms with E-state index >= 15 is 0 Å². The van der Waals surface area contributed by atoms with E-state index in [1.54, 1.807) is 29.2 Å². The summed E-state index contributed by atoms with van der Waals surface area (Å²) in [7, 11) is -2.60. The summed E-state index contributed by atoms with van der Waals surface area (Å²) in [4.78, 5) is 26.3. The highest BCUT2D eigenvalue weighted by molar-refractivity contribution is 7.92. The Hall–Kier alpha value is -3.13. The van der Waals surface area contributed by atoms with Crippen LogP contribution in [0.25, 0.3) is 0 Å². The predicted molar refractivity (Wildman–Crippen MR) is 131 cm³/mol. The fourth-order valence-corrected chi connectivity index (χ4v) is 4.59. The zero-order chi connectivity index (χ0) is 25.3. The van der Waals surface area contributed by atoms with Crippen LogP contribution in [0.4, 0.5) is 4.79 Å². The number of ether oxygens (including phenoxy) is 2. The lowest BCUT2D eigenvalue weighted by Gasteiger charge is -2.33. The van der Waals surface area contributed by atoms with Crippen molar-refractivity contribution in [2.45, 2.75) is 45.2 Å². The first-order chi connectivity index (χ1) is 16.0. The Morgan fingerprint density at radius 1 is 0.971 bits per heavy atom. The Bertz CT molecular complexity index is 1090. The molecule has 2 rings (SSSR count). The van der Waals surface area contributed by atoms with E-state index < -0.39 is 33.7 Å². The van der Waals surface area contributed by atoms with E-state index in [-0.39, 0.29) is 24.0 Å². The Labute approximate surface area is 202 Å². The van der Waals surface area contributed by atoms with Crippen molar-refractivity contribution >= 4 is 21.9 Å². The number of carbonyl (C=O) groups is 2. The van der Waals surface area contributed by atoms with Crippen LogP contribution >= 0.6 is 0 Å². The molecule has 0 spiro atoms. The van der Waals surface area contributed by atoms with E-state index in [2.05, 4.69) is 4.74 Å². The second-order valence-electron chi connectivity index (χ2n) is 8.51. The van der Waals surface area contributed by atoms with Crippen LogP contribution in [0.3, 0.4) is 0 Å². The van der Waals surface area contributed by atoms with Gasteiger partial charge in [-0.2, -0.15) is 0 Å². The van der Waals surface area contributed by atoms with Crippen LogP contribution in [0.15, 0.2) is 65.6 Å². The fourth-order valence-electron chi connectivity index (χ4n) is 3.38. The van der Waals surface area contributed by atoms with Crippen molar-refractivity contribution in [3.63, 3.8) is 0 Å². The van der Waals surface area contributed by atoms with Crippen molar-refractivity contribution in [3.05, 3.63) is 77.4 Å². The van der Waals surface area contributed by atoms with Gasteiger partial charge in [0.05, 0.1) is 18.0 Å². The summed E-state index contributed by atoms with van der Waals surface area (Å²) < 4.78 is 35.3. The molecule has 0 saturated carbocycles. The number of hydrogen-bond acceptors (Lipinski definition) is 6. The monoisotopic (exact) mass is 487 g/mol. The number of methoxy groups -OCH3 is 1. The SMILES string of the molecule is COC(=O)OC/C=C/[C@H](C(C)C)N(Cc1ccc(C)cc1)C(=O)CS(=O)(=O)c1ccc(C)cc1. The maximum atomic E-state index is 13.4. The van der Waals surface area contributed by atoms with Crippen LogP contribution < -0.4 is 0 Å². The van der Waals surface area contributed by atoms with E-state index in [1.807, 2.05) is 52.0 Å². The average Bonchev–Trinajstić information content (AvgIpc) is 2.78. The molecule has 0 radical (unpaired) electrons. The molecule has 0 aromatic heterocycles. The summed E-state index contributed by atoms with van der Waals surface area (Å²) in [6.45, 7) is 7.95. The number of sulfone groups is 1. The van der Waals surface area contributed by atoms with Crippen molar-refractivity contribution in [3.8, 4) is 0 Å². The van der Waals surface area contributed by atoms with Gasteiger partial charge < -0.3 is 14.4 Å². The molecule has 184 valence electrons. The highest BCUT2D eigenvalue weighted by Gasteiger charge is 2.29. The fraction of sp³-hybridized carbons (Fsp3) is 0.385. The maximum Gasteiger partial charge on any atom is 0.508 e. The zero-order valence-corrected chi connectivity index (χ0v) is 21.2. The molecule has 2 aromatic rings. The molecule has 0 aliphatic rings. The first kappa shape index (κ1) is 27.1. The van der Waals surface area contributed by atoms with Crippen molar-refractivity contribution < 1.29 is 27.5 Å². The van der Waals surface area contributed by atoms with Crippen LogP contribution in [-0.2, 0) is 30.7 Å². The normalized spacial score (nSPS) is 12.5. The topological polar surface area (TPSA) is 90.0 Å². The summed E-state index contributed by atoms with van der Waals surface area (Å²) >= 11 is 0. The zero-order valence-electron chi connectivity index (χ0n) is 20.4. The summed E-state index contributed by atoms with van der Waals surface area (Å²) in [6.07, 6.45) is 2.59. The lowest BCUT2D eigenvalue weighted by atomic mass is 10.0. The molecule has 1 amide bonds. The van der Waals surface area contributed by atoms with Gasteiger partial charge in [-0.3, -0.25) is 4.79 Å². The number of benzene rings is 2. The van der Waals surface area contributed by atoms with Crippen LogP contribution in [0, 0.1) is 19.8 Å². The van der Waals surface area contributed by atoms with E-state index in [9.17, 15) is 18.0 Å². The summed E-state index contributed by atoms with van der Waals surface area (Å²) in [5, 5.41) is 0. The number of aryl methyl sites for hydroxylation is 2. The first-order valence-electron chi connectivity index (χ1n) is 11.1. The number of rotatable bonds is 10. The van der Waals surface area contributed by atoms with Gasteiger partial charge in [-0.05, 0) is 43.5 Å². The van der Waals surface area contributed by atoms with Gasteiger partial charge in [0, 0.05) is 6.54 Å². The molecule has 2 aromatic carbocycles. The number of nitrogens with zero attached hydrogens (tertiary/aromatic N) is 1. The molecule has 0 aliphatic carbocycles. The van der Waals surface area contributed by atoms with E-state index in [0.717, 1.165) is 16.7 Å². The highest BCUT2D eigenvalue weighted by Crippen LogP contribution is 2.20. The second kappa shape index (κ2) is 12.4. The largest absolute Gasteiger partial charge is 0.508 e. The molecule has 0 aliphatic heterocycles. The van der Waals surface area contributed by atoms with Gasteiger partial charge in [-0.1, -0.05) is 67.4 Å². The lowest BCUT2D eigenvalue weighted by molar-refractivity contribution is -0.131. The molecule has 0 unspecified atom stereocenters. The lowest BCUT2D eigenvalue weighted by Crippen LogP contribution is -2.44. The van der Waals surface area contributed by atoms with E-state index in [0.29, 0.717) is 0 Å².